The molecule has 3 aliphatic rings. The molecule has 3 fully saturated rings. The van der Waals surface area contributed by atoms with E-state index >= 15 is 0 Å². The summed E-state index contributed by atoms with van der Waals surface area (Å²) in [5.41, 5.74) is 0.711. The standard InChI is InChI=1S/C25H35N3O4S/c1-4-9-16(3)26-23(31)21-25-15(2)14-18(33-25)19(20(25)24(32)28(21)12-8-13-29)22(30)27-17-10-6-5-7-11-17/h5-7,10-11,15-16,18-21,29H,4,8-9,12-14H2,1-3H3,(H,26,31)(H,27,30)/t15?,16?,18-,19+,20-,21?,25?/m0/s1. The Balaban J connectivity index is 1.66. The van der Waals surface area contributed by atoms with Gasteiger partial charge in [0.05, 0.1) is 16.6 Å². The molecular weight excluding hydrogens is 438 g/mol. The second-order valence-corrected chi connectivity index (χ2v) is 11.3. The van der Waals surface area contributed by atoms with E-state index in [1.54, 1.807) is 16.7 Å². The van der Waals surface area contributed by atoms with Crippen LogP contribution in [0.25, 0.3) is 0 Å². The molecule has 7 nitrogen and oxygen atoms in total. The Labute approximate surface area is 200 Å². The van der Waals surface area contributed by atoms with Crippen LogP contribution in [0, 0.1) is 17.8 Å². The van der Waals surface area contributed by atoms with E-state index in [1.165, 1.54) is 0 Å². The molecule has 3 aliphatic heterocycles. The number of amides is 3. The number of rotatable bonds is 9. The van der Waals surface area contributed by atoms with Gasteiger partial charge in [0.25, 0.3) is 0 Å². The minimum absolute atomic E-state index is 0.0148. The Hall–Kier alpha value is -2.06. The van der Waals surface area contributed by atoms with Crippen molar-refractivity contribution in [3.8, 4) is 0 Å². The van der Waals surface area contributed by atoms with Crippen molar-refractivity contribution in [1.82, 2.24) is 10.2 Å². The largest absolute Gasteiger partial charge is 0.396 e. The van der Waals surface area contributed by atoms with E-state index in [9.17, 15) is 19.5 Å². The molecule has 3 heterocycles. The fourth-order valence-electron chi connectivity index (χ4n) is 6.18. The Morgan fingerprint density at radius 1 is 1.27 bits per heavy atom. The molecule has 33 heavy (non-hydrogen) atoms. The first-order chi connectivity index (χ1) is 15.8. The number of carbonyl (C=O) groups is 3. The molecule has 4 unspecified atom stereocenters. The van der Waals surface area contributed by atoms with Gasteiger partial charge in [-0.25, -0.2) is 0 Å². The van der Waals surface area contributed by atoms with Crippen LogP contribution in [-0.4, -0.2) is 63.0 Å². The first kappa shape index (κ1) is 24.1. The predicted octanol–water partition coefficient (Wildman–Crippen LogP) is 2.65. The quantitative estimate of drug-likeness (QED) is 0.512. The lowest BCUT2D eigenvalue weighted by atomic mass is 9.65. The molecule has 0 aliphatic carbocycles. The Kier molecular flexibility index (Phi) is 7.05. The number of aliphatic hydroxyl groups is 1. The number of thioether (sulfide) groups is 1. The van der Waals surface area contributed by atoms with Crippen LogP contribution < -0.4 is 10.6 Å². The van der Waals surface area contributed by atoms with Gasteiger partial charge in [-0.3, -0.25) is 14.4 Å². The van der Waals surface area contributed by atoms with Gasteiger partial charge in [0.15, 0.2) is 0 Å². The summed E-state index contributed by atoms with van der Waals surface area (Å²) in [6.45, 7) is 6.45. The summed E-state index contributed by atoms with van der Waals surface area (Å²) in [4.78, 5) is 42.5. The number of nitrogens with zero attached hydrogens (tertiary/aromatic N) is 1. The number of benzene rings is 1. The number of fused-ring (bicyclic) bond motifs is 1. The molecule has 8 heteroatoms. The van der Waals surface area contributed by atoms with Crippen LogP contribution in [0.15, 0.2) is 30.3 Å². The van der Waals surface area contributed by atoms with Crippen molar-refractivity contribution in [2.45, 2.75) is 68.5 Å². The summed E-state index contributed by atoms with van der Waals surface area (Å²) in [6, 6.07) is 8.69. The van der Waals surface area contributed by atoms with Gasteiger partial charge in [0.1, 0.15) is 6.04 Å². The van der Waals surface area contributed by atoms with Crippen molar-refractivity contribution >= 4 is 35.2 Å². The third-order valence-electron chi connectivity index (χ3n) is 7.51. The minimum Gasteiger partial charge on any atom is -0.396 e. The van der Waals surface area contributed by atoms with Gasteiger partial charge in [-0.1, -0.05) is 38.5 Å². The van der Waals surface area contributed by atoms with Gasteiger partial charge in [-0.15, -0.1) is 11.8 Å². The zero-order valence-electron chi connectivity index (χ0n) is 19.6. The SMILES string of the molecule is CCCC(C)NC(=O)C1N(CCCO)C(=O)[C@@H]2[C@H](C(=O)Nc3ccccc3)[C@@H]3CC(C)C12S3. The second kappa shape index (κ2) is 9.66. The molecular formula is C25H35N3O4S. The third-order valence-corrected chi connectivity index (χ3v) is 9.58. The molecule has 3 saturated heterocycles. The van der Waals surface area contributed by atoms with Crippen molar-refractivity contribution in [3.63, 3.8) is 0 Å². The molecule has 3 N–H and O–H groups in total. The molecule has 7 atom stereocenters. The Bertz CT molecular complexity index is 897. The topological polar surface area (TPSA) is 98.7 Å². The molecule has 2 bridgehead atoms. The van der Waals surface area contributed by atoms with Gasteiger partial charge >= 0.3 is 0 Å². The third kappa shape index (κ3) is 4.05. The summed E-state index contributed by atoms with van der Waals surface area (Å²) in [6.07, 6.45) is 3.05. The summed E-state index contributed by atoms with van der Waals surface area (Å²) in [7, 11) is 0. The fraction of sp³-hybridized carbons (Fsp3) is 0.640. The molecule has 1 aromatic rings. The number of hydrogen-bond acceptors (Lipinski definition) is 5. The summed E-state index contributed by atoms with van der Waals surface area (Å²) >= 11 is 1.68. The van der Waals surface area contributed by atoms with E-state index in [-0.39, 0.29) is 41.5 Å². The number of anilines is 1. The van der Waals surface area contributed by atoms with E-state index in [0.717, 1.165) is 19.3 Å². The van der Waals surface area contributed by atoms with Crippen LogP contribution >= 0.6 is 11.8 Å². The predicted molar refractivity (Wildman–Crippen MR) is 130 cm³/mol. The first-order valence-corrected chi connectivity index (χ1v) is 13.0. The summed E-state index contributed by atoms with van der Waals surface area (Å²) < 4.78 is -0.619. The van der Waals surface area contributed by atoms with E-state index in [1.807, 2.05) is 37.3 Å². The molecule has 3 amide bonds. The molecule has 1 spiro atoms. The van der Waals surface area contributed by atoms with Crippen molar-refractivity contribution in [3.05, 3.63) is 30.3 Å². The van der Waals surface area contributed by atoms with Crippen LogP contribution in [-0.2, 0) is 14.4 Å². The number of likely N-dealkylation sites (tertiary alicyclic amines) is 1. The zero-order valence-corrected chi connectivity index (χ0v) is 20.4. The number of nitrogens with one attached hydrogen (secondary N) is 2. The van der Waals surface area contributed by atoms with Crippen LogP contribution in [0.1, 0.15) is 46.5 Å². The molecule has 0 aromatic heterocycles. The smallest absolute Gasteiger partial charge is 0.244 e. The van der Waals surface area contributed by atoms with Crippen molar-refractivity contribution in [2.75, 3.05) is 18.5 Å². The molecule has 0 saturated carbocycles. The van der Waals surface area contributed by atoms with E-state index < -0.39 is 22.6 Å². The Morgan fingerprint density at radius 3 is 2.67 bits per heavy atom. The van der Waals surface area contributed by atoms with Crippen molar-refractivity contribution in [2.24, 2.45) is 17.8 Å². The second-order valence-electron chi connectivity index (χ2n) is 9.71. The average Bonchev–Trinajstić information content (AvgIpc) is 3.36. The first-order valence-electron chi connectivity index (χ1n) is 12.1. The molecule has 0 radical (unpaired) electrons. The van der Waals surface area contributed by atoms with Crippen LogP contribution in [0.2, 0.25) is 0 Å². The van der Waals surface area contributed by atoms with Gasteiger partial charge in [0.2, 0.25) is 17.7 Å². The van der Waals surface area contributed by atoms with Gasteiger partial charge < -0.3 is 20.6 Å². The highest BCUT2D eigenvalue weighted by Crippen LogP contribution is 2.68. The maximum Gasteiger partial charge on any atom is 0.244 e. The van der Waals surface area contributed by atoms with Gasteiger partial charge in [0, 0.05) is 30.1 Å². The maximum absolute atomic E-state index is 13.8. The molecule has 180 valence electrons. The monoisotopic (exact) mass is 473 g/mol. The van der Waals surface area contributed by atoms with E-state index in [2.05, 4.69) is 24.5 Å². The van der Waals surface area contributed by atoms with Gasteiger partial charge in [-0.05, 0) is 44.2 Å². The highest BCUT2D eigenvalue weighted by Gasteiger charge is 2.75. The van der Waals surface area contributed by atoms with Crippen molar-refractivity contribution < 1.29 is 19.5 Å². The van der Waals surface area contributed by atoms with E-state index in [4.69, 9.17) is 0 Å². The maximum atomic E-state index is 13.8. The normalized spacial score (nSPS) is 33.2. The van der Waals surface area contributed by atoms with Crippen LogP contribution in [0.4, 0.5) is 5.69 Å². The Morgan fingerprint density at radius 2 is 2.00 bits per heavy atom. The number of carbonyl (C=O) groups excluding carboxylic acids is 3. The minimum atomic E-state index is -0.625. The van der Waals surface area contributed by atoms with Gasteiger partial charge in [-0.2, -0.15) is 0 Å². The highest BCUT2D eigenvalue weighted by molar-refractivity contribution is 8.02. The summed E-state index contributed by atoms with van der Waals surface area (Å²) in [5, 5.41) is 15.6. The van der Waals surface area contributed by atoms with Crippen molar-refractivity contribution in [1.29, 1.82) is 0 Å². The average molecular weight is 474 g/mol. The lowest BCUT2D eigenvalue weighted by Gasteiger charge is -2.39. The molecule has 1 aromatic carbocycles. The lowest BCUT2D eigenvalue weighted by Crippen LogP contribution is -2.57. The fourth-order valence-corrected chi connectivity index (χ4v) is 8.60. The number of hydrogen-bond donors (Lipinski definition) is 3. The zero-order chi connectivity index (χ0) is 23.8. The summed E-state index contributed by atoms with van der Waals surface area (Å²) in [5.74, 6) is -1.26. The molecule has 4 rings (SSSR count). The van der Waals surface area contributed by atoms with E-state index in [0.29, 0.717) is 18.7 Å². The van der Waals surface area contributed by atoms with Crippen LogP contribution in [0.3, 0.4) is 0 Å². The lowest BCUT2D eigenvalue weighted by molar-refractivity contribution is -0.139. The number of para-hydroxylation sites is 1. The highest BCUT2D eigenvalue weighted by atomic mass is 32.2. The number of aliphatic hydroxyl groups excluding tert-OH is 1. The van der Waals surface area contributed by atoms with Crippen LogP contribution in [0.5, 0.6) is 0 Å².